The Bertz CT molecular complexity index is 767. The van der Waals surface area contributed by atoms with Gasteiger partial charge in [0.1, 0.15) is 0 Å². The van der Waals surface area contributed by atoms with Crippen molar-refractivity contribution in [2.75, 3.05) is 12.8 Å². The molecule has 6 heteroatoms. The highest BCUT2D eigenvalue weighted by molar-refractivity contribution is 7.19. The van der Waals surface area contributed by atoms with Crippen molar-refractivity contribution in [3.05, 3.63) is 42.0 Å². The van der Waals surface area contributed by atoms with Crippen molar-refractivity contribution in [1.29, 1.82) is 0 Å². The van der Waals surface area contributed by atoms with Crippen LogP contribution in [0.3, 0.4) is 0 Å². The second-order valence-corrected chi connectivity index (χ2v) is 6.77. The summed E-state index contributed by atoms with van der Waals surface area (Å²) in [5, 5.41) is 0.781. The number of nitrogens with zero attached hydrogens (tertiary/aromatic N) is 2. The van der Waals surface area contributed by atoms with E-state index < -0.39 is 5.54 Å². The van der Waals surface area contributed by atoms with E-state index >= 15 is 0 Å². The van der Waals surface area contributed by atoms with Crippen LogP contribution in [0.1, 0.15) is 18.9 Å². The molecule has 22 heavy (non-hydrogen) atoms. The third-order valence-corrected chi connectivity index (χ3v) is 4.93. The third kappa shape index (κ3) is 2.46. The van der Waals surface area contributed by atoms with E-state index in [4.69, 9.17) is 11.5 Å². The fraction of sp³-hybridized carbons (Fsp3) is 0.250. The lowest BCUT2D eigenvalue weighted by molar-refractivity contribution is -0.128. The van der Waals surface area contributed by atoms with Crippen molar-refractivity contribution in [2.24, 2.45) is 10.7 Å². The Labute approximate surface area is 133 Å². The molecule has 1 aliphatic heterocycles. The average molecular weight is 314 g/mol. The summed E-state index contributed by atoms with van der Waals surface area (Å²) in [6.45, 7) is 1.94. The molecule has 4 N–H and O–H groups in total. The van der Waals surface area contributed by atoms with E-state index in [1.54, 1.807) is 7.05 Å². The van der Waals surface area contributed by atoms with Crippen molar-refractivity contribution < 1.29 is 4.79 Å². The molecule has 3 rings (SSSR count). The Morgan fingerprint density at radius 2 is 2.05 bits per heavy atom. The predicted molar refractivity (Wildman–Crippen MR) is 90.5 cm³/mol. The Kier molecular flexibility index (Phi) is 3.41. The van der Waals surface area contributed by atoms with Gasteiger partial charge in [-0.25, -0.2) is 4.99 Å². The van der Waals surface area contributed by atoms with E-state index in [1.807, 2.05) is 37.3 Å². The molecule has 5 nitrogen and oxygen atoms in total. The van der Waals surface area contributed by atoms with Crippen molar-refractivity contribution in [2.45, 2.75) is 18.9 Å². The number of rotatable bonds is 2. The van der Waals surface area contributed by atoms with Gasteiger partial charge in [-0.05, 0) is 36.2 Å². The third-order valence-electron chi connectivity index (χ3n) is 3.97. The first-order valence-corrected chi connectivity index (χ1v) is 7.79. The predicted octanol–water partition coefficient (Wildman–Crippen LogP) is 2.39. The number of hydrogen-bond donors (Lipinski definition) is 2. The van der Waals surface area contributed by atoms with Crippen molar-refractivity contribution >= 4 is 28.2 Å². The molecule has 0 radical (unpaired) electrons. The van der Waals surface area contributed by atoms with Gasteiger partial charge < -0.3 is 11.5 Å². The van der Waals surface area contributed by atoms with Crippen LogP contribution in [0, 0.1) is 0 Å². The van der Waals surface area contributed by atoms with Gasteiger partial charge in [-0.3, -0.25) is 9.69 Å². The quantitative estimate of drug-likeness (QED) is 0.892. The first-order chi connectivity index (χ1) is 10.4. The van der Waals surface area contributed by atoms with E-state index in [9.17, 15) is 4.79 Å². The number of amides is 1. The highest BCUT2D eigenvalue weighted by Gasteiger charge is 2.36. The van der Waals surface area contributed by atoms with E-state index in [-0.39, 0.29) is 11.9 Å². The monoisotopic (exact) mass is 314 g/mol. The van der Waals surface area contributed by atoms with Crippen LogP contribution in [0.25, 0.3) is 10.4 Å². The molecule has 1 aliphatic rings. The normalized spacial score (nSPS) is 21.8. The molecule has 1 aromatic heterocycles. The zero-order valence-corrected chi connectivity index (χ0v) is 13.4. The minimum atomic E-state index is -0.632. The SMILES string of the molecule is CN1C(=O)CC(C)(c2cccc(-c3ccc(N)s3)c2)N=C1N. The van der Waals surface area contributed by atoms with Crippen LogP contribution in [0.4, 0.5) is 5.00 Å². The van der Waals surface area contributed by atoms with E-state index in [0.29, 0.717) is 6.42 Å². The molecule has 1 unspecified atom stereocenters. The molecule has 1 amide bonds. The van der Waals surface area contributed by atoms with E-state index in [1.165, 1.54) is 16.2 Å². The summed E-state index contributed by atoms with van der Waals surface area (Å²) in [5.74, 6) is 0.227. The Balaban J connectivity index is 2.04. The van der Waals surface area contributed by atoms with Crippen LogP contribution in [-0.4, -0.2) is 23.8 Å². The van der Waals surface area contributed by atoms with Crippen LogP contribution >= 0.6 is 11.3 Å². The zero-order valence-electron chi connectivity index (χ0n) is 12.5. The van der Waals surface area contributed by atoms with Gasteiger partial charge in [0, 0.05) is 11.9 Å². The first kappa shape index (κ1) is 14.6. The highest BCUT2D eigenvalue weighted by atomic mass is 32.1. The molecule has 0 spiro atoms. The molecular weight excluding hydrogens is 296 g/mol. The summed E-state index contributed by atoms with van der Waals surface area (Å²) >= 11 is 1.54. The largest absolute Gasteiger partial charge is 0.391 e. The maximum Gasteiger partial charge on any atom is 0.231 e. The van der Waals surface area contributed by atoms with Gasteiger partial charge in [0.2, 0.25) is 5.91 Å². The van der Waals surface area contributed by atoms with Crippen LogP contribution in [-0.2, 0) is 10.3 Å². The second kappa shape index (κ2) is 5.14. The number of thiophene rings is 1. The molecule has 0 bridgehead atoms. The number of carbonyl (C=O) groups excluding carboxylic acids is 1. The summed E-state index contributed by atoms with van der Waals surface area (Å²) < 4.78 is 0. The minimum Gasteiger partial charge on any atom is -0.391 e. The van der Waals surface area contributed by atoms with Crippen LogP contribution in [0.5, 0.6) is 0 Å². The number of anilines is 1. The lowest BCUT2D eigenvalue weighted by atomic mass is 9.86. The minimum absolute atomic E-state index is 0.0271. The maximum absolute atomic E-state index is 12.1. The molecule has 0 fully saturated rings. The number of nitrogens with two attached hydrogens (primary N) is 2. The van der Waals surface area contributed by atoms with Crippen LogP contribution < -0.4 is 11.5 Å². The lowest BCUT2D eigenvalue weighted by Crippen LogP contribution is -2.47. The molecule has 1 atom stereocenters. The van der Waals surface area contributed by atoms with E-state index in [2.05, 4.69) is 11.1 Å². The lowest BCUT2D eigenvalue weighted by Gasteiger charge is -2.33. The Morgan fingerprint density at radius 3 is 2.68 bits per heavy atom. The number of hydrogen-bond acceptors (Lipinski definition) is 5. The van der Waals surface area contributed by atoms with Crippen molar-refractivity contribution in [1.82, 2.24) is 4.90 Å². The van der Waals surface area contributed by atoms with Gasteiger partial charge in [0.25, 0.3) is 0 Å². The van der Waals surface area contributed by atoms with Crippen LogP contribution in [0.15, 0.2) is 41.4 Å². The maximum atomic E-state index is 12.1. The number of carbonyl (C=O) groups is 1. The van der Waals surface area contributed by atoms with Gasteiger partial charge in [-0.2, -0.15) is 0 Å². The first-order valence-electron chi connectivity index (χ1n) is 6.97. The van der Waals surface area contributed by atoms with Crippen molar-refractivity contribution in [3.63, 3.8) is 0 Å². The fourth-order valence-electron chi connectivity index (χ4n) is 2.59. The molecule has 0 aliphatic carbocycles. The number of guanidine groups is 1. The topological polar surface area (TPSA) is 84.7 Å². The molecule has 2 aromatic rings. The summed E-state index contributed by atoms with van der Waals surface area (Å²) in [7, 11) is 1.64. The van der Waals surface area contributed by atoms with Gasteiger partial charge in [-0.1, -0.05) is 18.2 Å². The molecule has 1 aromatic carbocycles. The van der Waals surface area contributed by atoms with Gasteiger partial charge in [-0.15, -0.1) is 11.3 Å². The number of aliphatic imine (C=N–C) groups is 1. The van der Waals surface area contributed by atoms with Gasteiger partial charge >= 0.3 is 0 Å². The summed E-state index contributed by atoms with van der Waals surface area (Å²) in [5.41, 5.74) is 13.1. The van der Waals surface area contributed by atoms with E-state index in [0.717, 1.165) is 21.0 Å². The molecule has 114 valence electrons. The summed E-state index contributed by atoms with van der Waals surface area (Å²) in [4.78, 5) is 19.1. The zero-order chi connectivity index (χ0) is 15.9. The molecular formula is C16H18N4OS. The standard InChI is InChI=1S/C16H18N4OS/c1-16(9-14(21)20(2)15(18)19-16)11-5-3-4-10(8-11)12-6-7-13(17)22-12/h3-8H,9,17H2,1-2H3,(H2,18,19). The molecule has 2 heterocycles. The average Bonchev–Trinajstić information content (AvgIpc) is 2.91. The highest BCUT2D eigenvalue weighted by Crippen LogP contribution is 2.36. The van der Waals surface area contributed by atoms with Gasteiger partial charge in [0.15, 0.2) is 5.96 Å². The van der Waals surface area contributed by atoms with Crippen LogP contribution in [0.2, 0.25) is 0 Å². The van der Waals surface area contributed by atoms with Gasteiger partial charge in [0.05, 0.1) is 17.0 Å². The molecule has 0 saturated heterocycles. The summed E-state index contributed by atoms with van der Waals surface area (Å²) in [6, 6.07) is 11.9. The molecule has 0 saturated carbocycles. The fourth-order valence-corrected chi connectivity index (χ4v) is 3.36. The van der Waals surface area contributed by atoms with Crippen molar-refractivity contribution in [3.8, 4) is 10.4 Å². The Hall–Kier alpha value is -2.34. The summed E-state index contributed by atoms with van der Waals surface area (Å²) in [6.07, 6.45) is 0.306. The second-order valence-electron chi connectivity index (χ2n) is 5.66. The number of nitrogen functional groups attached to an aromatic ring is 1. The number of benzene rings is 1. The smallest absolute Gasteiger partial charge is 0.231 e. The Morgan fingerprint density at radius 1 is 1.27 bits per heavy atom.